The number of allylic oxidation sites excluding steroid dienone is 1. The first kappa shape index (κ1) is 8.81. The fourth-order valence-electron chi connectivity index (χ4n) is 1.65. The van der Waals surface area contributed by atoms with Gasteiger partial charge in [-0.25, -0.2) is 4.79 Å². The van der Waals surface area contributed by atoms with Crippen LogP contribution in [-0.2, 0) is 0 Å². The zero-order valence-electron chi connectivity index (χ0n) is 8.27. The van der Waals surface area contributed by atoms with Crippen molar-refractivity contribution in [3.05, 3.63) is 40.3 Å². The van der Waals surface area contributed by atoms with Crippen LogP contribution in [0.15, 0.2) is 23.5 Å². The standard InChI is InChI=1S/C11H12N2O/c1-6(2)8-5-10-9(4-7(8)3)12-11(14)13-10/h4-5H,1H2,2-3H3,(H2,12,13,14). The average molecular weight is 188 g/mol. The van der Waals surface area contributed by atoms with Crippen molar-refractivity contribution in [1.82, 2.24) is 9.97 Å². The monoisotopic (exact) mass is 188 g/mol. The van der Waals surface area contributed by atoms with Crippen molar-refractivity contribution in [3.63, 3.8) is 0 Å². The molecule has 0 saturated carbocycles. The van der Waals surface area contributed by atoms with Crippen LogP contribution in [0.25, 0.3) is 16.6 Å². The fraction of sp³-hybridized carbons (Fsp3) is 0.182. The van der Waals surface area contributed by atoms with Gasteiger partial charge in [0.1, 0.15) is 0 Å². The Hall–Kier alpha value is -1.77. The first-order valence-corrected chi connectivity index (χ1v) is 4.46. The summed E-state index contributed by atoms with van der Waals surface area (Å²) in [5.41, 5.74) is 4.73. The van der Waals surface area contributed by atoms with Crippen LogP contribution in [0.4, 0.5) is 0 Å². The summed E-state index contributed by atoms with van der Waals surface area (Å²) >= 11 is 0. The third kappa shape index (κ3) is 1.27. The first-order valence-electron chi connectivity index (χ1n) is 4.46. The van der Waals surface area contributed by atoms with E-state index in [2.05, 4.69) is 16.5 Å². The molecule has 1 aromatic carbocycles. The third-order valence-electron chi connectivity index (χ3n) is 2.32. The van der Waals surface area contributed by atoms with Crippen LogP contribution in [0.1, 0.15) is 18.1 Å². The van der Waals surface area contributed by atoms with E-state index in [1.54, 1.807) is 0 Å². The molecule has 0 bridgehead atoms. The van der Waals surface area contributed by atoms with Gasteiger partial charge in [0.15, 0.2) is 0 Å². The Labute approximate surface area is 81.5 Å². The van der Waals surface area contributed by atoms with Crippen molar-refractivity contribution in [3.8, 4) is 0 Å². The van der Waals surface area contributed by atoms with Gasteiger partial charge in [-0.15, -0.1) is 0 Å². The number of benzene rings is 1. The smallest absolute Gasteiger partial charge is 0.306 e. The van der Waals surface area contributed by atoms with Crippen molar-refractivity contribution >= 4 is 16.6 Å². The number of hydrogen-bond donors (Lipinski definition) is 2. The van der Waals surface area contributed by atoms with E-state index < -0.39 is 0 Å². The second-order valence-electron chi connectivity index (χ2n) is 3.57. The molecule has 0 atom stereocenters. The Morgan fingerprint density at radius 3 is 2.43 bits per heavy atom. The lowest BCUT2D eigenvalue weighted by atomic mass is 10.0. The quantitative estimate of drug-likeness (QED) is 0.708. The maximum Gasteiger partial charge on any atom is 0.323 e. The first-order chi connectivity index (χ1) is 6.58. The lowest BCUT2D eigenvalue weighted by Crippen LogP contribution is -1.99. The molecule has 0 aliphatic rings. The van der Waals surface area contributed by atoms with E-state index in [0.29, 0.717) is 0 Å². The lowest BCUT2D eigenvalue weighted by Gasteiger charge is -2.04. The molecule has 2 N–H and O–H groups in total. The summed E-state index contributed by atoms with van der Waals surface area (Å²) < 4.78 is 0. The van der Waals surface area contributed by atoms with Crippen LogP contribution in [-0.4, -0.2) is 9.97 Å². The number of aromatic nitrogens is 2. The molecular weight excluding hydrogens is 176 g/mol. The van der Waals surface area contributed by atoms with Gasteiger partial charge in [-0.1, -0.05) is 12.2 Å². The van der Waals surface area contributed by atoms with Crippen molar-refractivity contribution in [2.45, 2.75) is 13.8 Å². The van der Waals surface area contributed by atoms with Crippen molar-refractivity contribution in [2.75, 3.05) is 0 Å². The highest BCUT2D eigenvalue weighted by Gasteiger charge is 2.04. The van der Waals surface area contributed by atoms with Gasteiger partial charge >= 0.3 is 5.69 Å². The zero-order valence-corrected chi connectivity index (χ0v) is 8.27. The molecule has 14 heavy (non-hydrogen) atoms. The van der Waals surface area contributed by atoms with Crippen molar-refractivity contribution in [2.24, 2.45) is 0 Å². The summed E-state index contributed by atoms with van der Waals surface area (Å²) in [4.78, 5) is 16.5. The van der Waals surface area contributed by atoms with E-state index in [0.717, 1.165) is 27.7 Å². The number of rotatable bonds is 1. The SMILES string of the molecule is C=C(C)c1cc2[nH]c(=O)[nH]c2cc1C. The molecule has 0 aliphatic heterocycles. The highest BCUT2D eigenvalue weighted by Crippen LogP contribution is 2.20. The summed E-state index contributed by atoms with van der Waals surface area (Å²) in [6.07, 6.45) is 0. The molecular formula is C11H12N2O. The number of aromatic amines is 2. The van der Waals surface area contributed by atoms with Gasteiger partial charge in [-0.3, -0.25) is 0 Å². The molecule has 0 radical (unpaired) electrons. The molecule has 72 valence electrons. The molecule has 2 rings (SSSR count). The molecule has 0 unspecified atom stereocenters. The maximum absolute atomic E-state index is 11.0. The minimum Gasteiger partial charge on any atom is -0.306 e. The minimum absolute atomic E-state index is 0.168. The number of imidazole rings is 1. The van der Waals surface area contributed by atoms with Crippen LogP contribution < -0.4 is 5.69 Å². The predicted octanol–water partition coefficient (Wildman–Crippen LogP) is 2.20. The number of hydrogen-bond acceptors (Lipinski definition) is 1. The van der Waals surface area contributed by atoms with Crippen molar-refractivity contribution in [1.29, 1.82) is 0 Å². The van der Waals surface area contributed by atoms with E-state index in [4.69, 9.17) is 0 Å². The predicted molar refractivity (Wildman–Crippen MR) is 58.4 cm³/mol. The van der Waals surface area contributed by atoms with Crippen LogP contribution in [0.3, 0.4) is 0 Å². The largest absolute Gasteiger partial charge is 0.323 e. The van der Waals surface area contributed by atoms with E-state index in [1.165, 1.54) is 0 Å². The van der Waals surface area contributed by atoms with E-state index >= 15 is 0 Å². The van der Waals surface area contributed by atoms with Gasteiger partial charge in [0.2, 0.25) is 0 Å². The highest BCUT2D eigenvalue weighted by molar-refractivity contribution is 5.81. The third-order valence-corrected chi connectivity index (χ3v) is 2.32. The second-order valence-corrected chi connectivity index (χ2v) is 3.57. The van der Waals surface area contributed by atoms with Gasteiger partial charge in [0.25, 0.3) is 0 Å². The fourth-order valence-corrected chi connectivity index (χ4v) is 1.65. The molecule has 1 heterocycles. The molecule has 0 saturated heterocycles. The number of H-pyrrole nitrogens is 2. The minimum atomic E-state index is -0.168. The van der Waals surface area contributed by atoms with E-state index in [9.17, 15) is 4.79 Å². The molecule has 0 aliphatic carbocycles. The molecule has 0 amide bonds. The number of nitrogens with one attached hydrogen (secondary N) is 2. The Balaban J connectivity index is 2.82. The Bertz CT molecular complexity index is 560. The van der Waals surface area contributed by atoms with E-state index in [-0.39, 0.29) is 5.69 Å². The van der Waals surface area contributed by atoms with Gasteiger partial charge in [-0.2, -0.15) is 0 Å². The molecule has 3 heteroatoms. The van der Waals surface area contributed by atoms with Gasteiger partial charge in [0.05, 0.1) is 11.0 Å². The van der Waals surface area contributed by atoms with Gasteiger partial charge < -0.3 is 9.97 Å². The summed E-state index contributed by atoms with van der Waals surface area (Å²) in [5, 5.41) is 0. The van der Waals surface area contributed by atoms with Crippen LogP contribution >= 0.6 is 0 Å². The second kappa shape index (κ2) is 2.87. The lowest BCUT2D eigenvalue weighted by molar-refractivity contribution is 1.21. The van der Waals surface area contributed by atoms with Crippen molar-refractivity contribution < 1.29 is 0 Å². The normalized spacial score (nSPS) is 10.7. The topological polar surface area (TPSA) is 48.6 Å². The molecule has 1 aromatic heterocycles. The Morgan fingerprint density at radius 1 is 1.29 bits per heavy atom. The zero-order chi connectivity index (χ0) is 10.3. The maximum atomic E-state index is 11.0. The van der Waals surface area contributed by atoms with Gasteiger partial charge in [-0.05, 0) is 37.1 Å². The summed E-state index contributed by atoms with van der Waals surface area (Å²) in [5.74, 6) is 0. The Morgan fingerprint density at radius 2 is 1.86 bits per heavy atom. The Kier molecular flexibility index (Phi) is 1.81. The number of fused-ring (bicyclic) bond motifs is 1. The van der Waals surface area contributed by atoms with E-state index in [1.807, 2.05) is 26.0 Å². The molecule has 0 fully saturated rings. The van der Waals surface area contributed by atoms with Crippen LogP contribution in [0.5, 0.6) is 0 Å². The highest BCUT2D eigenvalue weighted by atomic mass is 16.1. The number of aryl methyl sites for hydroxylation is 1. The average Bonchev–Trinajstić information content (AvgIpc) is 2.42. The summed E-state index contributed by atoms with van der Waals surface area (Å²) in [6.45, 7) is 7.86. The molecule has 0 spiro atoms. The van der Waals surface area contributed by atoms with Crippen LogP contribution in [0, 0.1) is 6.92 Å². The summed E-state index contributed by atoms with van der Waals surface area (Å²) in [6, 6.07) is 3.90. The van der Waals surface area contributed by atoms with Crippen LogP contribution in [0.2, 0.25) is 0 Å². The van der Waals surface area contributed by atoms with Gasteiger partial charge in [0, 0.05) is 0 Å². The molecule has 2 aromatic rings. The molecule has 3 nitrogen and oxygen atoms in total. The summed E-state index contributed by atoms with van der Waals surface area (Å²) in [7, 11) is 0.